The number of alkyl halides is 3. The zero-order valence-electron chi connectivity index (χ0n) is 48.8. The van der Waals surface area contributed by atoms with Crippen LogP contribution in [0.15, 0.2) is 129 Å². The number of piperidine rings is 1. The summed E-state index contributed by atoms with van der Waals surface area (Å²) in [7, 11) is -11.1. The van der Waals surface area contributed by atoms with Crippen LogP contribution in [0.1, 0.15) is 104 Å². The minimum absolute atomic E-state index is 0.0252. The summed E-state index contributed by atoms with van der Waals surface area (Å²) in [4.78, 5) is 60.2. The standard InChI is InChI=1S/C63H71ClF4N8O8S3/c1-40-34-73(36-42-30-45-38-76(61(80)58(45)53(65)31-42)55-20-21-57(77)70-60(55)79)35-41(2)75(40)25-23-48(39-85-50-8-6-5-7-9-50)69-54-19-18-51(32-56(54)86(81,82)63(66,67)68)87(83,84)71-59(78)44-12-16-49(17-13-44)74-28-26-72(27-29-74)37-46-33-62(3,4)24-22-52(46)43-10-14-47(64)15-11-43/h5-19,30-32,40-41,48,55,69H,20-29,33-39H2,1-4H3,(H,71,78)(H,70,77,79)/t40?,41?,48-,55?/m1/s1. The first-order valence-electron chi connectivity index (χ1n) is 29.2. The highest BCUT2D eigenvalue weighted by molar-refractivity contribution is 7.99. The summed E-state index contributed by atoms with van der Waals surface area (Å²) in [5.41, 5.74) is -0.326. The molecule has 464 valence electrons. The number of sulfonamides is 1. The lowest BCUT2D eigenvalue weighted by atomic mass is 9.73. The van der Waals surface area contributed by atoms with Gasteiger partial charge >= 0.3 is 5.51 Å². The summed E-state index contributed by atoms with van der Waals surface area (Å²) in [6, 6.07) is 27.4. The van der Waals surface area contributed by atoms with Gasteiger partial charge in [-0.05, 0) is 146 Å². The molecule has 4 aliphatic heterocycles. The van der Waals surface area contributed by atoms with Crippen molar-refractivity contribution in [2.75, 3.05) is 68.3 Å². The van der Waals surface area contributed by atoms with Gasteiger partial charge in [0.1, 0.15) is 16.8 Å². The van der Waals surface area contributed by atoms with E-state index < -0.39 is 82.4 Å². The topological polar surface area (TPSA) is 189 Å². The molecule has 4 heterocycles. The zero-order valence-corrected chi connectivity index (χ0v) is 52.0. The number of nitrogens with one attached hydrogen (secondary N) is 3. The highest BCUT2D eigenvalue weighted by atomic mass is 35.5. The molecule has 5 aromatic carbocycles. The average Bonchev–Trinajstić information content (AvgIpc) is 1.87. The van der Waals surface area contributed by atoms with Crippen molar-refractivity contribution >= 4 is 83.8 Å². The molecule has 0 spiro atoms. The van der Waals surface area contributed by atoms with E-state index in [4.69, 9.17) is 11.6 Å². The van der Waals surface area contributed by atoms with Crippen LogP contribution in [-0.4, -0.2) is 148 Å². The molecule has 3 saturated heterocycles. The Morgan fingerprint density at radius 1 is 0.839 bits per heavy atom. The van der Waals surface area contributed by atoms with Crippen LogP contribution in [0.25, 0.3) is 5.57 Å². The van der Waals surface area contributed by atoms with E-state index in [0.717, 1.165) is 61.6 Å². The predicted molar refractivity (Wildman–Crippen MR) is 328 cm³/mol. The summed E-state index contributed by atoms with van der Waals surface area (Å²) in [5, 5.41) is 6.00. The molecule has 4 atom stereocenters. The first-order chi connectivity index (χ1) is 41.2. The number of anilines is 2. The van der Waals surface area contributed by atoms with Crippen molar-refractivity contribution in [3.63, 3.8) is 0 Å². The quantitative estimate of drug-likeness (QED) is 0.0402. The number of benzene rings is 5. The molecule has 87 heavy (non-hydrogen) atoms. The van der Waals surface area contributed by atoms with Gasteiger partial charge in [0.15, 0.2) is 0 Å². The van der Waals surface area contributed by atoms with Crippen LogP contribution in [0, 0.1) is 11.2 Å². The van der Waals surface area contributed by atoms with Gasteiger partial charge in [0.05, 0.1) is 16.1 Å². The number of piperazine rings is 2. The second-order valence-corrected chi connectivity index (χ2v) is 29.3. The number of carbonyl (C=O) groups is 4. The van der Waals surface area contributed by atoms with Crippen LogP contribution < -0.4 is 20.3 Å². The third-order valence-electron chi connectivity index (χ3n) is 17.2. The van der Waals surface area contributed by atoms with Gasteiger partial charge in [0.25, 0.3) is 31.7 Å². The van der Waals surface area contributed by atoms with E-state index in [1.54, 1.807) is 18.2 Å². The first-order valence-corrected chi connectivity index (χ1v) is 33.5. The summed E-state index contributed by atoms with van der Waals surface area (Å²) < 4.78 is 116. The Balaban J connectivity index is 0.788. The molecule has 3 unspecified atom stereocenters. The highest BCUT2D eigenvalue weighted by Crippen LogP contribution is 2.43. The number of amides is 4. The van der Waals surface area contributed by atoms with Crippen LogP contribution in [0.4, 0.5) is 28.9 Å². The second-order valence-electron chi connectivity index (χ2n) is 24.2. The lowest BCUT2D eigenvalue weighted by molar-refractivity contribution is -0.136. The maximum atomic E-state index is 15.7. The fraction of sp³-hybridized carbons (Fsp3) is 0.429. The van der Waals surface area contributed by atoms with Gasteiger partial charge in [-0.3, -0.25) is 39.2 Å². The summed E-state index contributed by atoms with van der Waals surface area (Å²) in [6.07, 6.45) is 3.61. The number of fused-ring (bicyclic) bond motifs is 1. The van der Waals surface area contributed by atoms with E-state index in [1.165, 1.54) is 51.6 Å². The van der Waals surface area contributed by atoms with Crippen LogP contribution in [0.2, 0.25) is 5.02 Å². The molecular weight excluding hydrogens is 1200 g/mol. The fourth-order valence-corrected chi connectivity index (χ4v) is 15.9. The van der Waals surface area contributed by atoms with Crippen LogP contribution in [-0.2, 0) is 42.5 Å². The first kappa shape index (κ1) is 63.7. The molecule has 3 fully saturated rings. The molecule has 0 bridgehead atoms. The second kappa shape index (κ2) is 26.0. The number of hydrogen-bond acceptors (Lipinski definition) is 14. The Hall–Kier alpha value is -6.34. The summed E-state index contributed by atoms with van der Waals surface area (Å²) in [6.45, 7) is 14.4. The number of carbonyl (C=O) groups excluding carboxylic acids is 4. The number of halogens is 5. The maximum Gasteiger partial charge on any atom is 0.501 e. The SMILES string of the molecule is CC1CN(Cc2cc(F)c3c(c2)CN(C2CCC(=O)NC2=O)C3=O)CC(C)N1CC[C@H](CSc1ccccc1)Nc1ccc(S(=O)(=O)NC(=O)c2ccc(N3CCN(CC4=C(c5ccc(Cl)cc5)CCC(C)(C)C4)CC3)cc2)cc1S(=O)(=O)C(F)(F)F. The number of imide groups is 1. The Morgan fingerprint density at radius 2 is 1.53 bits per heavy atom. The van der Waals surface area contributed by atoms with Gasteiger partial charge in [-0.15, -0.1) is 11.8 Å². The van der Waals surface area contributed by atoms with Gasteiger partial charge < -0.3 is 15.1 Å². The van der Waals surface area contributed by atoms with Crippen molar-refractivity contribution in [2.24, 2.45) is 5.41 Å². The molecule has 10 rings (SSSR count). The molecule has 5 aliphatic rings. The molecule has 0 radical (unpaired) electrons. The molecule has 3 N–H and O–H groups in total. The van der Waals surface area contributed by atoms with E-state index in [-0.39, 0.29) is 53.8 Å². The Labute approximate surface area is 515 Å². The van der Waals surface area contributed by atoms with Gasteiger partial charge in [0.2, 0.25) is 11.8 Å². The minimum Gasteiger partial charge on any atom is -0.380 e. The minimum atomic E-state index is -6.18. The smallest absolute Gasteiger partial charge is 0.380 e. The van der Waals surface area contributed by atoms with Crippen LogP contribution >= 0.6 is 23.4 Å². The van der Waals surface area contributed by atoms with Crippen molar-refractivity contribution in [3.05, 3.63) is 153 Å². The number of sulfone groups is 1. The average molecular weight is 1280 g/mol. The molecule has 5 aromatic rings. The van der Waals surface area contributed by atoms with E-state index in [1.807, 2.05) is 61.0 Å². The lowest BCUT2D eigenvalue weighted by Crippen LogP contribution is -2.56. The van der Waals surface area contributed by atoms with Gasteiger partial charge in [-0.25, -0.2) is 25.9 Å². The van der Waals surface area contributed by atoms with Crippen LogP contribution in [0.3, 0.4) is 0 Å². The van der Waals surface area contributed by atoms with Gasteiger partial charge in [-0.2, -0.15) is 13.2 Å². The molecule has 24 heteroatoms. The normalized spacial score (nSPS) is 21.2. The fourth-order valence-electron chi connectivity index (χ4n) is 12.7. The number of hydrogen-bond donors (Lipinski definition) is 3. The molecule has 0 saturated carbocycles. The third-order valence-corrected chi connectivity index (χ3v) is 21.5. The predicted octanol–water partition coefficient (Wildman–Crippen LogP) is 10.00. The molecular formula is C63H71ClF4N8O8S3. The monoisotopic (exact) mass is 1270 g/mol. The van der Waals surface area contributed by atoms with Gasteiger partial charge in [0, 0.05) is 117 Å². The van der Waals surface area contributed by atoms with E-state index in [2.05, 4.69) is 56.2 Å². The highest BCUT2D eigenvalue weighted by Gasteiger charge is 2.49. The molecule has 16 nitrogen and oxygen atoms in total. The number of nitrogens with zero attached hydrogens (tertiary/aromatic N) is 5. The summed E-state index contributed by atoms with van der Waals surface area (Å²) in [5.74, 6) is -3.11. The lowest BCUT2D eigenvalue weighted by Gasteiger charge is -2.45. The molecule has 1 aliphatic carbocycles. The van der Waals surface area contributed by atoms with E-state index in [9.17, 15) is 49.2 Å². The zero-order chi connectivity index (χ0) is 62.2. The largest absolute Gasteiger partial charge is 0.501 e. The van der Waals surface area contributed by atoms with Crippen molar-refractivity contribution in [2.45, 2.75) is 124 Å². The Kier molecular flexibility index (Phi) is 19.0. The van der Waals surface area contributed by atoms with Crippen molar-refractivity contribution in [1.82, 2.24) is 29.6 Å². The van der Waals surface area contributed by atoms with Crippen molar-refractivity contribution in [3.8, 4) is 0 Å². The van der Waals surface area contributed by atoms with E-state index >= 15 is 4.39 Å². The number of rotatable bonds is 19. The van der Waals surface area contributed by atoms with E-state index in [0.29, 0.717) is 67.9 Å². The summed E-state index contributed by atoms with van der Waals surface area (Å²) >= 11 is 7.61. The van der Waals surface area contributed by atoms with Gasteiger partial charge in [-0.1, -0.05) is 67.4 Å². The molecule has 0 aromatic heterocycles. The third kappa shape index (κ3) is 14.7. The number of allylic oxidation sites excluding steroid dienone is 1. The molecule has 4 amide bonds. The number of thioether (sulfide) groups is 1. The van der Waals surface area contributed by atoms with Crippen molar-refractivity contribution < 1.29 is 53.6 Å². The maximum absolute atomic E-state index is 15.7. The Bertz CT molecular complexity index is 3670. The Morgan fingerprint density at radius 3 is 2.20 bits per heavy atom. The van der Waals surface area contributed by atoms with Crippen LogP contribution in [0.5, 0.6) is 0 Å². The van der Waals surface area contributed by atoms with Crippen molar-refractivity contribution in [1.29, 1.82) is 0 Å².